The lowest BCUT2D eigenvalue weighted by atomic mass is 9.98. The minimum absolute atomic E-state index is 0.00653. The molecule has 2 aliphatic rings. The highest BCUT2D eigenvalue weighted by molar-refractivity contribution is 6.31. The average molecular weight is 338 g/mol. The van der Waals surface area contributed by atoms with Crippen molar-refractivity contribution in [1.82, 2.24) is 10.2 Å². The van der Waals surface area contributed by atoms with Crippen molar-refractivity contribution in [3.05, 3.63) is 38.9 Å². The van der Waals surface area contributed by atoms with Gasteiger partial charge < -0.3 is 10.2 Å². The molecule has 124 valence electrons. The number of halogens is 1. The molecular weight excluding hydrogens is 318 g/mol. The molecule has 2 aliphatic heterocycles. The predicted molar refractivity (Wildman–Crippen MR) is 87.5 cm³/mol. The highest BCUT2D eigenvalue weighted by Gasteiger charge is 2.36. The molecule has 0 spiro atoms. The summed E-state index contributed by atoms with van der Waals surface area (Å²) < 4.78 is 0. The fraction of sp³-hybridized carbons (Fsp3) is 0.562. The number of benzene rings is 1. The molecule has 0 aliphatic carbocycles. The van der Waals surface area contributed by atoms with Gasteiger partial charge in [0, 0.05) is 37.3 Å². The maximum Gasteiger partial charge on any atom is 0.270 e. The van der Waals surface area contributed by atoms with Crippen molar-refractivity contribution in [2.45, 2.75) is 50.2 Å². The van der Waals surface area contributed by atoms with Crippen molar-refractivity contribution < 1.29 is 9.72 Å². The molecule has 1 aromatic rings. The zero-order chi connectivity index (χ0) is 16.6. The normalized spacial score (nSPS) is 26.1. The first kappa shape index (κ1) is 16.2. The summed E-state index contributed by atoms with van der Waals surface area (Å²) in [4.78, 5) is 24.6. The summed E-state index contributed by atoms with van der Waals surface area (Å²) >= 11 is 6.08. The molecule has 6 nitrogen and oxygen atoms in total. The van der Waals surface area contributed by atoms with Crippen LogP contribution in [0.1, 0.15) is 31.2 Å². The molecule has 2 bridgehead atoms. The first-order valence-corrected chi connectivity index (χ1v) is 8.26. The second-order valence-corrected chi connectivity index (χ2v) is 6.88. The number of nitro groups is 1. The molecule has 2 unspecified atom stereocenters. The highest BCUT2D eigenvalue weighted by atomic mass is 35.5. The van der Waals surface area contributed by atoms with Crippen molar-refractivity contribution >= 4 is 23.2 Å². The Morgan fingerprint density at radius 3 is 2.61 bits per heavy atom. The van der Waals surface area contributed by atoms with Gasteiger partial charge >= 0.3 is 0 Å². The molecule has 0 saturated carbocycles. The summed E-state index contributed by atoms with van der Waals surface area (Å²) in [5, 5.41) is 14.6. The predicted octanol–water partition coefficient (Wildman–Crippen LogP) is 2.53. The van der Waals surface area contributed by atoms with Crippen LogP contribution in [0.5, 0.6) is 0 Å². The third-order valence-corrected chi connectivity index (χ3v) is 5.33. The van der Waals surface area contributed by atoms with E-state index in [1.165, 1.54) is 25.0 Å². The van der Waals surface area contributed by atoms with E-state index >= 15 is 0 Å². The van der Waals surface area contributed by atoms with Gasteiger partial charge in [-0.3, -0.25) is 14.9 Å². The number of hydrogen-bond donors (Lipinski definition) is 1. The standard InChI is InChI=1S/C16H20ClN3O3/c1-19(14-7-11-3-4-12(8-14)18-11)16(21)6-10-2-5-13(20(22)23)9-15(10)17/h2,5,9,11-12,14,18H,3-4,6-8H2,1H3. The van der Waals surface area contributed by atoms with Crippen LogP contribution in [0.15, 0.2) is 18.2 Å². The quantitative estimate of drug-likeness (QED) is 0.676. The van der Waals surface area contributed by atoms with Crippen molar-refractivity contribution in [1.29, 1.82) is 0 Å². The lowest BCUT2D eigenvalue weighted by molar-refractivity contribution is -0.384. The number of carbonyl (C=O) groups excluding carboxylic acids is 1. The van der Waals surface area contributed by atoms with Crippen molar-refractivity contribution in [3.63, 3.8) is 0 Å². The maximum absolute atomic E-state index is 12.5. The van der Waals surface area contributed by atoms with E-state index in [0.29, 0.717) is 17.6 Å². The molecule has 7 heteroatoms. The summed E-state index contributed by atoms with van der Waals surface area (Å²) in [7, 11) is 1.84. The molecule has 1 N–H and O–H groups in total. The number of nitrogens with zero attached hydrogens (tertiary/aromatic N) is 2. The summed E-state index contributed by atoms with van der Waals surface area (Å²) in [6.07, 6.45) is 4.54. The van der Waals surface area contributed by atoms with Crippen molar-refractivity contribution in [2.75, 3.05) is 7.05 Å². The third-order valence-electron chi connectivity index (χ3n) is 4.98. The van der Waals surface area contributed by atoms with E-state index in [1.54, 1.807) is 6.07 Å². The molecule has 23 heavy (non-hydrogen) atoms. The second kappa shape index (κ2) is 6.45. The Balaban J connectivity index is 1.65. The van der Waals surface area contributed by atoms with Crippen LogP contribution in [-0.2, 0) is 11.2 Å². The number of fused-ring (bicyclic) bond motifs is 2. The molecule has 1 amide bonds. The Bertz CT molecular complexity index is 625. The monoisotopic (exact) mass is 337 g/mol. The third kappa shape index (κ3) is 3.48. The largest absolute Gasteiger partial charge is 0.342 e. The Morgan fingerprint density at radius 2 is 2.04 bits per heavy atom. The molecule has 0 radical (unpaired) electrons. The van der Waals surface area contributed by atoms with Gasteiger partial charge in [-0.2, -0.15) is 0 Å². The van der Waals surface area contributed by atoms with E-state index < -0.39 is 4.92 Å². The Kier molecular flexibility index (Phi) is 4.55. The van der Waals surface area contributed by atoms with E-state index in [-0.39, 0.29) is 29.1 Å². The molecular formula is C16H20ClN3O3. The van der Waals surface area contributed by atoms with Gasteiger partial charge in [-0.05, 0) is 31.2 Å². The van der Waals surface area contributed by atoms with Crippen LogP contribution in [0.4, 0.5) is 5.69 Å². The maximum atomic E-state index is 12.5. The van der Waals surface area contributed by atoms with Crippen LogP contribution >= 0.6 is 11.6 Å². The van der Waals surface area contributed by atoms with E-state index in [0.717, 1.165) is 12.8 Å². The van der Waals surface area contributed by atoms with Crippen LogP contribution in [0, 0.1) is 10.1 Å². The van der Waals surface area contributed by atoms with E-state index in [9.17, 15) is 14.9 Å². The van der Waals surface area contributed by atoms with Crippen LogP contribution < -0.4 is 5.32 Å². The van der Waals surface area contributed by atoms with Gasteiger partial charge in [0.25, 0.3) is 5.69 Å². The van der Waals surface area contributed by atoms with Gasteiger partial charge in [0.1, 0.15) is 0 Å². The smallest absolute Gasteiger partial charge is 0.270 e. The lowest BCUT2D eigenvalue weighted by Crippen LogP contribution is -2.49. The van der Waals surface area contributed by atoms with Gasteiger partial charge in [0.15, 0.2) is 0 Å². The molecule has 0 aromatic heterocycles. The lowest BCUT2D eigenvalue weighted by Gasteiger charge is -2.35. The number of piperidine rings is 1. The van der Waals surface area contributed by atoms with Gasteiger partial charge in [-0.25, -0.2) is 0 Å². The molecule has 2 saturated heterocycles. The van der Waals surface area contributed by atoms with Gasteiger partial charge in [0.05, 0.1) is 16.4 Å². The number of nitro benzene ring substituents is 1. The highest BCUT2D eigenvalue weighted by Crippen LogP contribution is 2.30. The number of likely N-dealkylation sites (N-methyl/N-ethyl adjacent to an activating group) is 1. The summed E-state index contributed by atoms with van der Waals surface area (Å²) in [5.74, 6) is 0.00653. The minimum atomic E-state index is -0.492. The molecule has 2 heterocycles. The van der Waals surface area contributed by atoms with Gasteiger partial charge in [0.2, 0.25) is 5.91 Å². The Labute approximate surface area is 139 Å². The van der Waals surface area contributed by atoms with Crippen LogP contribution in [0.25, 0.3) is 0 Å². The van der Waals surface area contributed by atoms with E-state index in [1.807, 2.05) is 11.9 Å². The van der Waals surface area contributed by atoms with Crippen LogP contribution in [-0.4, -0.2) is 40.9 Å². The summed E-state index contributed by atoms with van der Waals surface area (Å²) in [5.41, 5.74) is 0.570. The zero-order valence-electron chi connectivity index (χ0n) is 13.0. The summed E-state index contributed by atoms with van der Waals surface area (Å²) in [6.45, 7) is 0. The first-order chi connectivity index (χ1) is 10.9. The average Bonchev–Trinajstić information content (AvgIpc) is 2.86. The second-order valence-electron chi connectivity index (χ2n) is 6.48. The number of carbonyl (C=O) groups is 1. The van der Waals surface area contributed by atoms with Gasteiger partial charge in [-0.1, -0.05) is 17.7 Å². The fourth-order valence-electron chi connectivity index (χ4n) is 3.63. The molecule has 2 fully saturated rings. The SMILES string of the molecule is CN(C(=O)Cc1ccc([N+](=O)[O-])cc1Cl)C1CC2CCC(C1)N2. The first-order valence-electron chi connectivity index (χ1n) is 7.88. The van der Waals surface area contributed by atoms with E-state index in [2.05, 4.69) is 5.32 Å². The minimum Gasteiger partial charge on any atom is -0.342 e. The van der Waals surface area contributed by atoms with Crippen molar-refractivity contribution in [2.24, 2.45) is 0 Å². The number of hydrogen-bond acceptors (Lipinski definition) is 4. The Morgan fingerprint density at radius 1 is 1.39 bits per heavy atom. The van der Waals surface area contributed by atoms with Gasteiger partial charge in [-0.15, -0.1) is 0 Å². The van der Waals surface area contributed by atoms with Crippen molar-refractivity contribution in [3.8, 4) is 0 Å². The van der Waals surface area contributed by atoms with Crippen LogP contribution in [0.3, 0.4) is 0 Å². The summed E-state index contributed by atoms with van der Waals surface area (Å²) in [6, 6.07) is 5.57. The topological polar surface area (TPSA) is 75.5 Å². The fourth-order valence-corrected chi connectivity index (χ4v) is 3.87. The van der Waals surface area contributed by atoms with Crippen LogP contribution in [0.2, 0.25) is 5.02 Å². The number of rotatable bonds is 4. The Hall–Kier alpha value is -1.66. The number of amides is 1. The van der Waals surface area contributed by atoms with E-state index in [4.69, 9.17) is 11.6 Å². The molecule has 2 atom stereocenters. The molecule has 3 rings (SSSR count). The molecule has 1 aromatic carbocycles. The zero-order valence-corrected chi connectivity index (χ0v) is 13.8. The number of nitrogens with one attached hydrogen (secondary N) is 1. The number of non-ortho nitro benzene ring substituents is 1.